The Morgan fingerprint density at radius 2 is 1.24 bits per heavy atom. The van der Waals surface area contributed by atoms with Crippen LogP contribution in [0.2, 0.25) is 20.1 Å². The third-order valence-electron chi connectivity index (χ3n) is 4.40. The molecule has 152 valence electrons. The van der Waals surface area contributed by atoms with Crippen LogP contribution in [-0.4, -0.2) is 15.0 Å². The summed E-state index contributed by atoms with van der Waals surface area (Å²) in [4.78, 5) is 0.0244. The summed E-state index contributed by atoms with van der Waals surface area (Å²) in [7, 11) is -3.78. The third-order valence-corrected chi connectivity index (χ3v) is 6.75. The highest BCUT2D eigenvalue weighted by Gasteiger charge is 2.20. The molecule has 3 aromatic carbocycles. The van der Waals surface area contributed by atoms with Crippen molar-refractivity contribution in [2.75, 3.05) is 6.54 Å². The van der Waals surface area contributed by atoms with E-state index >= 15 is 0 Å². The van der Waals surface area contributed by atoms with Crippen LogP contribution in [0.4, 0.5) is 0 Å². The maximum absolute atomic E-state index is 12.8. The molecule has 1 atom stereocenters. The highest BCUT2D eigenvalue weighted by Crippen LogP contribution is 2.25. The summed E-state index contributed by atoms with van der Waals surface area (Å²) in [5.41, 5.74) is 2.01. The first-order valence-electron chi connectivity index (χ1n) is 8.68. The molecule has 0 aromatic heterocycles. The standard InChI is InChI=1S/C21H17Cl4NO2S/c22-17-5-1-14(2-6-17)9-16(15-3-7-18(23)8-4-15)13-26-29(27,28)21-11-19(24)10-20(25)12-21/h1-8,10-12,16,26H,9,13H2. The summed E-state index contributed by atoms with van der Waals surface area (Å²) in [5.74, 6) is -0.113. The van der Waals surface area contributed by atoms with Crippen LogP contribution < -0.4 is 4.72 Å². The molecule has 0 aliphatic heterocycles. The van der Waals surface area contributed by atoms with Gasteiger partial charge in [-0.2, -0.15) is 0 Å². The van der Waals surface area contributed by atoms with Crippen LogP contribution in [0.3, 0.4) is 0 Å². The SMILES string of the molecule is O=S(=O)(NCC(Cc1ccc(Cl)cc1)c1ccc(Cl)cc1)c1cc(Cl)cc(Cl)c1. The van der Waals surface area contributed by atoms with Crippen LogP contribution in [-0.2, 0) is 16.4 Å². The second kappa shape index (κ2) is 9.69. The van der Waals surface area contributed by atoms with Crippen molar-refractivity contribution in [3.05, 3.63) is 97.9 Å². The first-order valence-corrected chi connectivity index (χ1v) is 11.7. The summed E-state index contributed by atoms with van der Waals surface area (Å²) in [6.45, 7) is 0.191. The number of hydrogen-bond acceptors (Lipinski definition) is 2. The molecule has 8 heteroatoms. The molecule has 0 saturated carbocycles. The van der Waals surface area contributed by atoms with Crippen molar-refractivity contribution in [3.63, 3.8) is 0 Å². The summed E-state index contributed by atoms with van der Waals surface area (Å²) >= 11 is 23.9. The lowest BCUT2D eigenvalue weighted by molar-refractivity contribution is 0.568. The number of benzene rings is 3. The van der Waals surface area contributed by atoms with Crippen LogP contribution in [0.15, 0.2) is 71.6 Å². The molecule has 0 heterocycles. The van der Waals surface area contributed by atoms with Gasteiger partial charge in [-0.1, -0.05) is 70.7 Å². The number of rotatable bonds is 7. The second-order valence-corrected chi connectivity index (χ2v) is 10.0. The molecule has 29 heavy (non-hydrogen) atoms. The van der Waals surface area contributed by atoms with Crippen LogP contribution >= 0.6 is 46.4 Å². The van der Waals surface area contributed by atoms with Gasteiger partial charge in [0.15, 0.2) is 0 Å². The Hall–Kier alpha value is -1.27. The molecule has 0 bridgehead atoms. The molecular formula is C21H17Cl4NO2S. The molecule has 0 aliphatic carbocycles. The minimum absolute atomic E-state index is 0.0244. The Kier molecular flexibility index (Phi) is 7.49. The zero-order valence-corrected chi connectivity index (χ0v) is 18.9. The quantitative estimate of drug-likeness (QED) is 0.406. The van der Waals surface area contributed by atoms with Gasteiger partial charge in [0.1, 0.15) is 0 Å². The lowest BCUT2D eigenvalue weighted by atomic mass is 9.92. The molecule has 0 radical (unpaired) electrons. The fraction of sp³-hybridized carbons (Fsp3) is 0.143. The van der Waals surface area contributed by atoms with Crippen molar-refractivity contribution in [2.24, 2.45) is 0 Å². The lowest BCUT2D eigenvalue weighted by Crippen LogP contribution is -2.29. The first kappa shape index (κ1) is 22.4. The molecule has 1 N–H and O–H groups in total. The van der Waals surface area contributed by atoms with Crippen molar-refractivity contribution in [1.82, 2.24) is 4.72 Å². The highest BCUT2D eigenvalue weighted by atomic mass is 35.5. The Bertz CT molecular complexity index is 1060. The average molecular weight is 489 g/mol. The fourth-order valence-corrected chi connectivity index (χ4v) is 4.98. The minimum Gasteiger partial charge on any atom is -0.211 e. The maximum atomic E-state index is 12.8. The molecule has 0 aliphatic rings. The van der Waals surface area contributed by atoms with E-state index in [9.17, 15) is 8.42 Å². The van der Waals surface area contributed by atoms with Gasteiger partial charge in [-0.15, -0.1) is 0 Å². The van der Waals surface area contributed by atoms with Gasteiger partial charge in [-0.25, -0.2) is 13.1 Å². The van der Waals surface area contributed by atoms with E-state index < -0.39 is 10.0 Å². The van der Waals surface area contributed by atoms with E-state index in [0.717, 1.165) is 11.1 Å². The largest absolute Gasteiger partial charge is 0.240 e. The van der Waals surface area contributed by atoms with Crippen molar-refractivity contribution >= 4 is 56.4 Å². The van der Waals surface area contributed by atoms with Gasteiger partial charge in [0.2, 0.25) is 10.0 Å². The predicted molar refractivity (Wildman–Crippen MR) is 121 cm³/mol. The van der Waals surface area contributed by atoms with E-state index in [-0.39, 0.29) is 27.4 Å². The smallest absolute Gasteiger partial charge is 0.211 e. The van der Waals surface area contributed by atoms with Gasteiger partial charge in [-0.3, -0.25) is 0 Å². The monoisotopic (exact) mass is 487 g/mol. The topological polar surface area (TPSA) is 46.2 Å². The first-order chi connectivity index (χ1) is 13.7. The number of hydrogen-bond donors (Lipinski definition) is 1. The third kappa shape index (κ3) is 6.35. The molecule has 0 spiro atoms. The van der Waals surface area contributed by atoms with E-state index in [1.807, 2.05) is 36.4 Å². The van der Waals surface area contributed by atoms with Gasteiger partial charge >= 0.3 is 0 Å². The second-order valence-electron chi connectivity index (χ2n) is 6.54. The zero-order chi connectivity index (χ0) is 21.0. The molecule has 0 amide bonds. The molecule has 3 nitrogen and oxygen atoms in total. The number of sulfonamides is 1. The molecule has 1 unspecified atom stereocenters. The number of nitrogens with one attached hydrogen (secondary N) is 1. The van der Waals surface area contributed by atoms with Crippen LogP contribution in [0.25, 0.3) is 0 Å². The summed E-state index contributed by atoms with van der Waals surface area (Å²) < 4.78 is 28.2. The minimum atomic E-state index is -3.78. The van der Waals surface area contributed by atoms with Gasteiger partial charge in [0.25, 0.3) is 0 Å². The normalized spacial score (nSPS) is 12.7. The molecule has 0 fully saturated rings. The van der Waals surface area contributed by atoms with Gasteiger partial charge in [0, 0.05) is 32.6 Å². The average Bonchev–Trinajstić information content (AvgIpc) is 2.67. The Morgan fingerprint density at radius 1 is 0.724 bits per heavy atom. The predicted octanol–water partition coefficient (Wildman–Crippen LogP) is 6.61. The lowest BCUT2D eigenvalue weighted by Gasteiger charge is -2.19. The van der Waals surface area contributed by atoms with Crippen LogP contribution in [0, 0.1) is 0 Å². The van der Waals surface area contributed by atoms with Crippen LogP contribution in [0.5, 0.6) is 0 Å². The summed E-state index contributed by atoms with van der Waals surface area (Å²) in [6.07, 6.45) is 0.623. The van der Waals surface area contributed by atoms with Crippen molar-refractivity contribution < 1.29 is 8.42 Å². The Morgan fingerprint density at radius 3 is 1.79 bits per heavy atom. The highest BCUT2D eigenvalue weighted by molar-refractivity contribution is 7.89. The van der Waals surface area contributed by atoms with Crippen molar-refractivity contribution in [3.8, 4) is 0 Å². The van der Waals surface area contributed by atoms with Crippen LogP contribution in [0.1, 0.15) is 17.0 Å². The van der Waals surface area contributed by atoms with Gasteiger partial charge in [0.05, 0.1) is 4.90 Å². The Labute approximate surface area is 190 Å². The zero-order valence-electron chi connectivity index (χ0n) is 15.1. The number of halogens is 4. The van der Waals surface area contributed by atoms with E-state index in [1.165, 1.54) is 18.2 Å². The van der Waals surface area contributed by atoms with E-state index in [0.29, 0.717) is 16.5 Å². The van der Waals surface area contributed by atoms with Crippen molar-refractivity contribution in [1.29, 1.82) is 0 Å². The molecular weight excluding hydrogens is 472 g/mol. The summed E-state index contributed by atoms with van der Waals surface area (Å²) in [5, 5.41) is 1.78. The van der Waals surface area contributed by atoms with Gasteiger partial charge in [-0.05, 0) is 60.0 Å². The Balaban J connectivity index is 1.84. The van der Waals surface area contributed by atoms with Crippen molar-refractivity contribution in [2.45, 2.75) is 17.2 Å². The molecule has 3 rings (SSSR count). The van der Waals surface area contributed by atoms with E-state index in [1.54, 1.807) is 12.1 Å². The van der Waals surface area contributed by atoms with Gasteiger partial charge < -0.3 is 0 Å². The maximum Gasteiger partial charge on any atom is 0.240 e. The molecule has 3 aromatic rings. The molecule has 0 saturated heterocycles. The van der Waals surface area contributed by atoms with E-state index in [2.05, 4.69) is 4.72 Å². The summed E-state index contributed by atoms with van der Waals surface area (Å²) in [6, 6.07) is 19.1. The van der Waals surface area contributed by atoms with E-state index in [4.69, 9.17) is 46.4 Å². The fourth-order valence-electron chi connectivity index (χ4n) is 2.93.